The Morgan fingerprint density at radius 1 is 1.05 bits per heavy atom. The Labute approximate surface area is 217 Å². The number of amides is 1. The van der Waals surface area contributed by atoms with Gasteiger partial charge in [0.2, 0.25) is 11.7 Å². The minimum Gasteiger partial charge on any atom is -0.367 e. The van der Waals surface area contributed by atoms with Gasteiger partial charge in [-0.1, -0.05) is 0 Å². The molecule has 0 radical (unpaired) electrons. The first-order chi connectivity index (χ1) is 18.0. The number of rotatable bonds is 4. The molecule has 5 rings (SSSR count). The maximum atomic E-state index is 14.8. The van der Waals surface area contributed by atoms with Crippen molar-refractivity contribution < 1.29 is 22.4 Å². The number of aryl methyl sites for hydroxylation is 2. The summed E-state index contributed by atoms with van der Waals surface area (Å²) in [6, 6.07) is 3.11. The SMILES string of the molecule is Cc1nc(C)n(CC(=O)N2CCN(c3ccc(F)c4c3CN(c3cnc(C(F)(F)F)nc3)CC4)C[C@H]2C)n1. The van der Waals surface area contributed by atoms with Crippen LogP contribution in [0.15, 0.2) is 24.5 Å². The maximum absolute atomic E-state index is 14.8. The van der Waals surface area contributed by atoms with Gasteiger partial charge in [-0.25, -0.2) is 24.0 Å². The van der Waals surface area contributed by atoms with Crippen LogP contribution < -0.4 is 9.80 Å². The Kier molecular flexibility index (Phi) is 6.70. The third kappa shape index (κ3) is 5.01. The van der Waals surface area contributed by atoms with Crippen molar-refractivity contribution in [3.8, 4) is 0 Å². The molecule has 2 aliphatic heterocycles. The van der Waals surface area contributed by atoms with E-state index in [2.05, 4.69) is 25.0 Å². The van der Waals surface area contributed by atoms with Crippen molar-refractivity contribution in [1.29, 1.82) is 0 Å². The molecule has 1 fully saturated rings. The Bertz CT molecular complexity index is 1340. The second-order valence-corrected chi connectivity index (χ2v) is 9.70. The van der Waals surface area contributed by atoms with Gasteiger partial charge in [0.1, 0.15) is 24.0 Å². The van der Waals surface area contributed by atoms with Crippen molar-refractivity contribution >= 4 is 17.3 Å². The first-order valence-electron chi connectivity index (χ1n) is 12.4. The Morgan fingerprint density at radius 3 is 2.42 bits per heavy atom. The highest BCUT2D eigenvalue weighted by molar-refractivity contribution is 5.77. The molecular weight excluding hydrogens is 504 g/mol. The number of piperazine rings is 1. The van der Waals surface area contributed by atoms with Gasteiger partial charge in [0.05, 0.1) is 18.1 Å². The number of nitrogens with zero attached hydrogens (tertiary/aromatic N) is 8. The van der Waals surface area contributed by atoms with Crippen LogP contribution in [0, 0.1) is 19.7 Å². The Morgan fingerprint density at radius 2 is 1.79 bits per heavy atom. The fraction of sp³-hybridized carbons (Fsp3) is 0.480. The van der Waals surface area contributed by atoms with Gasteiger partial charge in [0, 0.05) is 50.0 Å². The summed E-state index contributed by atoms with van der Waals surface area (Å²) in [6.07, 6.45) is -1.90. The Hall–Kier alpha value is -3.77. The predicted octanol–water partition coefficient (Wildman–Crippen LogP) is 3.14. The van der Waals surface area contributed by atoms with Crippen molar-refractivity contribution in [2.75, 3.05) is 36.0 Å². The zero-order chi connectivity index (χ0) is 27.2. The van der Waals surface area contributed by atoms with Crippen molar-refractivity contribution in [2.45, 2.75) is 52.5 Å². The average Bonchev–Trinajstić information content (AvgIpc) is 3.19. The number of carbonyl (C=O) groups is 1. The molecule has 13 heteroatoms. The average molecular weight is 533 g/mol. The van der Waals surface area contributed by atoms with Crippen molar-refractivity contribution in [1.82, 2.24) is 29.6 Å². The highest BCUT2D eigenvalue weighted by Crippen LogP contribution is 2.34. The van der Waals surface area contributed by atoms with Crippen LogP contribution >= 0.6 is 0 Å². The van der Waals surface area contributed by atoms with Crippen LogP contribution in [-0.4, -0.2) is 67.8 Å². The zero-order valence-electron chi connectivity index (χ0n) is 21.3. The summed E-state index contributed by atoms with van der Waals surface area (Å²) in [5.41, 5.74) is 2.70. The van der Waals surface area contributed by atoms with Gasteiger partial charge >= 0.3 is 6.18 Å². The molecule has 38 heavy (non-hydrogen) atoms. The molecule has 1 saturated heterocycles. The number of carbonyl (C=O) groups excluding carboxylic acids is 1. The van der Waals surface area contributed by atoms with E-state index < -0.39 is 12.0 Å². The molecule has 0 saturated carbocycles. The van der Waals surface area contributed by atoms with Gasteiger partial charge in [0.15, 0.2) is 0 Å². The largest absolute Gasteiger partial charge is 0.451 e. The molecular formula is C25H28F4N8O. The van der Waals surface area contributed by atoms with Gasteiger partial charge in [-0.15, -0.1) is 0 Å². The number of hydrogen-bond acceptors (Lipinski definition) is 7. The molecule has 1 atom stereocenters. The molecule has 4 heterocycles. The lowest BCUT2D eigenvalue weighted by atomic mass is 9.95. The summed E-state index contributed by atoms with van der Waals surface area (Å²) in [6.45, 7) is 8.05. The fourth-order valence-corrected chi connectivity index (χ4v) is 5.24. The van der Waals surface area contributed by atoms with Crippen LogP contribution in [-0.2, 0) is 30.5 Å². The van der Waals surface area contributed by atoms with Crippen LogP contribution in [0.5, 0.6) is 0 Å². The molecule has 0 unspecified atom stereocenters. The fourth-order valence-electron chi connectivity index (χ4n) is 5.24. The molecule has 1 aromatic carbocycles. The second-order valence-electron chi connectivity index (χ2n) is 9.70. The van der Waals surface area contributed by atoms with Crippen LogP contribution in [0.25, 0.3) is 0 Å². The van der Waals surface area contributed by atoms with Crippen LogP contribution in [0.1, 0.15) is 35.5 Å². The van der Waals surface area contributed by atoms with Gasteiger partial charge in [-0.3, -0.25) is 4.79 Å². The lowest BCUT2D eigenvalue weighted by molar-refractivity contribution is -0.145. The number of hydrogen-bond donors (Lipinski definition) is 0. The first kappa shape index (κ1) is 25.9. The highest BCUT2D eigenvalue weighted by Gasteiger charge is 2.35. The molecule has 202 valence electrons. The number of alkyl halides is 3. The predicted molar refractivity (Wildman–Crippen MR) is 131 cm³/mol. The minimum absolute atomic E-state index is 0.0419. The standard InChI is InChI=1S/C25H28F4N8O/c1-15-12-35(8-9-36(15)23(38)14-37-17(3)32-16(2)33-37)22-5-4-21(26)19-6-7-34(13-20(19)22)18-10-30-24(31-11-18)25(27,28)29/h4-5,10-11,15H,6-9,12-14H2,1-3H3/t15-/m1/s1. The van der Waals surface area contributed by atoms with E-state index in [-0.39, 0.29) is 24.3 Å². The molecule has 0 spiro atoms. The summed E-state index contributed by atoms with van der Waals surface area (Å²) in [4.78, 5) is 30.1. The van der Waals surface area contributed by atoms with E-state index in [1.807, 2.05) is 23.6 Å². The van der Waals surface area contributed by atoms with Gasteiger partial charge in [-0.2, -0.15) is 18.3 Å². The lowest BCUT2D eigenvalue weighted by Gasteiger charge is -2.43. The van der Waals surface area contributed by atoms with E-state index in [4.69, 9.17) is 0 Å². The molecule has 9 nitrogen and oxygen atoms in total. The highest BCUT2D eigenvalue weighted by atomic mass is 19.4. The van der Waals surface area contributed by atoms with E-state index >= 15 is 0 Å². The van der Waals surface area contributed by atoms with Crippen molar-refractivity contribution in [3.63, 3.8) is 0 Å². The number of fused-ring (bicyclic) bond motifs is 1. The molecule has 3 aromatic rings. The van der Waals surface area contributed by atoms with Gasteiger partial charge < -0.3 is 14.7 Å². The van der Waals surface area contributed by atoms with E-state index in [0.717, 1.165) is 23.6 Å². The summed E-state index contributed by atoms with van der Waals surface area (Å²) < 4.78 is 55.0. The topological polar surface area (TPSA) is 83.3 Å². The Balaban J connectivity index is 1.32. The van der Waals surface area contributed by atoms with Gasteiger partial charge in [-0.05, 0) is 44.9 Å². The zero-order valence-corrected chi connectivity index (χ0v) is 21.3. The van der Waals surface area contributed by atoms with Crippen molar-refractivity contribution in [3.05, 3.63) is 58.9 Å². The van der Waals surface area contributed by atoms with Crippen LogP contribution in [0.2, 0.25) is 0 Å². The molecule has 0 N–H and O–H groups in total. The van der Waals surface area contributed by atoms with E-state index in [1.165, 1.54) is 6.07 Å². The number of benzene rings is 1. The lowest BCUT2D eigenvalue weighted by Crippen LogP contribution is -2.55. The number of aromatic nitrogens is 5. The summed E-state index contributed by atoms with van der Waals surface area (Å²) in [5, 5.41) is 4.28. The van der Waals surface area contributed by atoms with Crippen LogP contribution in [0.4, 0.5) is 28.9 Å². The second kappa shape index (κ2) is 9.84. The summed E-state index contributed by atoms with van der Waals surface area (Å²) >= 11 is 0. The summed E-state index contributed by atoms with van der Waals surface area (Å²) in [7, 11) is 0. The molecule has 2 aromatic heterocycles. The van der Waals surface area contributed by atoms with Crippen LogP contribution in [0.3, 0.4) is 0 Å². The smallest absolute Gasteiger partial charge is 0.367 e. The molecule has 0 aliphatic carbocycles. The quantitative estimate of drug-likeness (QED) is 0.478. The first-order valence-corrected chi connectivity index (χ1v) is 12.4. The van der Waals surface area contributed by atoms with Gasteiger partial charge in [0.25, 0.3) is 0 Å². The van der Waals surface area contributed by atoms with E-state index in [1.54, 1.807) is 17.7 Å². The maximum Gasteiger partial charge on any atom is 0.451 e. The third-order valence-corrected chi connectivity index (χ3v) is 7.12. The third-order valence-electron chi connectivity index (χ3n) is 7.12. The monoisotopic (exact) mass is 532 g/mol. The molecule has 1 amide bonds. The molecule has 0 bridgehead atoms. The summed E-state index contributed by atoms with van der Waals surface area (Å²) in [5.74, 6) is -0.234. The van der Waals surface area contributed by atoms with E-state index in [0.29, 0.717) is 62.0 Å². The van der Waals surface area contributed by atoms with E-state index in [9.17, 15) is 22.4 Å². The normalized spacial score (nSPS) is 18.1. The minimum atomic E-state index is -4.61. The number of anilines is 2. The number of halogens is 4. The molecule has 2 aliphatic rings. The van der Waals surface area contributed by atoms with Crippen molar-refractivity contribution in [2.24, 2.45) is 0 Å².